The molecule has 1 saturated heterocycles. The minimum absolute atomic E-state index is 0.0280. The number of benzene rings is 1. The summed E-state index contributed by atoms with van der Waals surface area (Å²) >= 11 is 0. The second-order valence-corrected chi connectivity index (χ2v) is 9.37. The van der Waals surface area contributed by atoms with Crippen LogP contribution in [0.2, 0.25) is 0 Å². The summed E-state index contributed by atoms with van der Waals surface area (Å²) in [7, 11) is -5.18. The Bertz CT molecular complexity index is 732. The summed E-state index contributed by atoms with van der Waals surface area (Å²) in [5, 5.41) is 0. The van der Waals surface area contributed by atoms with Crippen LogP contribution in [0.1, 0.15) is 24.0 Å². The number of sulfonamides is 1. The maximum absolute atomic E-state index is 12.5. The molecule has 5 nitrogen and oxygen atoms in total. The van der Waals surface area contributed by atoms with Crippen molar-refractivity contribution in [3.05, 3.63) is 23.3 Å². The maximum atomic E-state index is 12.5. The second-order valence-electron chi connectivity index (χ2n) is 5.05. The van der Waals surface area contributed by atoms with Crippen molar-refractivity contribution in [3.63, 3.8) is 0 Å². The van der Waals surface area contributed by atoms with Crippen molar-refractivity contribution in [1.29, 1.82) is 0 Å². The van der Waals surface area contributed by atoms with Crippen LogP contribution in [0.4, 0.5) is 0 Å². The van der Waals surface area contributed by atoms with Crippen LogP contribution >= 0.6 is 0 Å². The average Bonchev–Trinajstić information content (AvgIpc) is 2.72. The molecule has 1 aliphatic heterocycles. The molecule has 2 rings (SSSR count). The van der Waals surface area contributed by atoms with Crippen molar-refractivity contribution in [1.82, 2.24) is 0 Å². The van der Waals surface area contributed by atoms with Crippen LogP contribution in [0.3, 0.4) is 0 Å². The van der Waals surface area contributed by atoms with Gasteiger partial charge in [0, 0.05) is 11.5 Å². The number of hydrogen-bond acceptors (Lipinski definition) is 4. The molecule has 0 saturated carbocycles. The van der Waals surface area contributed by atoms with Crippen molar-refractivity contribution >= 4 is 19.8 Å². The lowest BCUT2D eigenvalue weighted by atomic mass is 10.1. The molecular formula is C13H19NO4S2. The Morgan fingerprint density at radius 2 is 1.80 bits per heavy atom. The highest BCUT2D eigenvalue weighted by Gasteiger charge is 2.26. The number of ether oxygens (including phenoxy) is 1. The first-order chi connectivity index (χ1) is 9.27. The molecule has 0 unspecified atom stereocenters. The van der Waals surface area contributed by atoms with Gasteiger partial charge in [-0.05, 0) is 43.9 Å². The molecule has 1 aliphatic rings. The first-order valence-electron chi connectivity index (χ1n) is 6.41. The Balaban J connectivity index is 2.64. The fourth-order valence-electron chi connectivity index (χ4n) is 2.45. The van der Waals surface area contributed by atoms with Gasteiger partial charge in [0.05, 0.1) is 16.8 Å². The van der Waals surface area contributed by atoms with E-state index in [0.717, 1.165) is 18.4 Å². The molecule has 7 heteroatoms. The van der Waals surface area contributed by atoms with Gasteiger partial charge in [-0.1, -0.05) is 6.07 Å². The summed E-state index contributed by atoms with van der Waals surface area (Å²) in [6.45, 7) is 3.56. The third-order valence-electron chi connectivity index (χ3n) is 3.27. The van der Waals surface area contributed by atoms with Crippen molar-refractivity contribution < 1.29 is 17.4 Å². The van der Waals surface area contributed by atoms with E-state index in [9.17, 15) is 12.6 Å². The third kappa shape index (κ3) is 2.98. The van der Waals surface area contributed by atoms with Gasteiger partial charge in [0.1, 0.15) is 10.6 Å². The van der Waals surface area contributed by atoms with Gasteiger partial charge in [-0.25, -0.2) is 4.21 Å². The highest BCUT2D eigenvalue weighted by Crippen LogP contribution is 2.31. The zero-order valence-electron chi connectivity index (χ0n) is 11.9. The lowest BCUT2D eigenvalue weighted by Gasteiger charge is -2.11. The quantitative estimate of drug-likeness (QED) is 0.857. The van der Waals surface area contributed by atoms with Gasteiger partial charge < -0.3 is 4.74 Å². The van der Waals surface area contributed by atoms with Crippen LogP contribution < -0.4 is 4.74 Å². The Kier molecular flexibility index (Phi) is 4.11. The molecular weight excluding hydrogens is 298 g/mol. The largest absolute Gasteiger partial charge is 0.495 e. The highest BCUT2D eigenvalue weighted by atomic mass is 32.3. The monoisotopic (exact) mass is 317 g/mol. The number of nitrogens with zero attached hydrogens (tertiary/aromatic N) is 1. The minimum atomic E-state index is -3.97. The molecule has 112 valence electrons. The standard InChI is InChI=1S/C13H19NO4S2/c1-10-8-11(2)13(12(9-10)18-3)20(16,17)14-19(15)6-4-5-7-19/h8-9H,4-7H2,1-3H3. The van der Waals surface area contributed by atoms with E-state index in [0.29, 0.717) is 17.1 Å². The number of rotatable bonds is 3. The molecule has 1 heterocycles. The molecule has 1 aromatic carbocycles. The van der Waals surface area contributed by atoms with Crippen LogP contribution in [-0.2, 0) is 19.8 Å². The topological polar surface area (TPSA) is 72.8 Å². The van der Waals surface area contributed by atoms with E-state index >= 15 is 0 Å². The van der Waals surface area contributed by atoms with Crippen LogP contribution in [0.15, 0.2) is 20.8 Å². The molecule has 20 heavy (non-hydrogen) atoms. The Morgan fingerprint density at radius 1 is 1.20 bits per heavy atom. The summed E-state index contributed by atoms with van der Waals surface area (Å²) in [5.74, 6) is 0.978. The first kappa shape index (κ1) is 15.3. The van der Waals surface area contributed by atoms with Gasteiger partial charge >= 0.3 is 0 Å². The number of methoxy groups -OCH3 is 1. The fraction of sp³-hybridized carbons (Fsp3) is 0.538. The van der Waals surface area contributed by atoms with E-state index in [1.54, 1.807) is 19.1 Å². The summed E-state index contributed by atoms with van der Waals surface area (Å²) in [6, 6.07) is 3.41. The minimum Gasteiger partial charge on any atom is -0.495 e. The van der Waals surface area contributed by atoms with E-state index in [1.807, 2.05) is 6.92 Å². The Labute approximate surface area is 120 Å². The Hall–Kier alpha value is -1.08. The molecule has 0 N–H and O–H groups in total. The molecule has 0 bridgehead atoms. The lowest BCUT2D eigenvalue weighted by Crippen LogP contribution is -2.09. The van der Waals surface area contributed by atoms with Crippen molar-refractivity contribution in [2.45, 2.75) is 31.6 Å². The fourth-order valence-corrected chi connectivity index (χ4v) is 7.15. The highest BCUT2D eigenvalue weighted by molar-refractivity contribution is 8.03. The van der Waals surface area contributed by atoms with E-state index in [4.69, 9.17) is 4.74 Å². The van der Waals surface area contributed by atoms with Gasteiger partial charge in [0.15, 0.2) is 0 Å². The van der Waals surface area contributed by atoms with E-state index in [-0.39, 0.29) is 10.6 Å². The molecule has 0 spiro atoms. The van der Waals surface area contributed by atoms with Crippen LogP contribution in [0, 0.1) is 13.8 Å². The molecule has 0 aromatic heterocycles. The maximum Gasteiger partial charge on any atom is 0.294 e. The second kappa shape index (κ2) is 5.37. The lowest BCUT2D eigenvalue weighted by molar-refractivity contribution is 0.401. The van der Waals surface area contributed by atoms with Gasteiger partial charge in [0.2, 0.25) is 0 Å². The smallest absolute Gasteiger partial charge is 0.294 e. The molecule has 0 amide bonds. The van der Waals surface area contributed by atoms with Crippen LogP contribution in [0.5, 0.6) is 5.75 Å². The summed E-state index contributed by atoms with van der Waals surface area (Å²) in [4.78, 5) is 0.0280. The zero-order valence-corrected chi connectivity index (χ0v) is 13.5. The van der Waals surface area contributed by atoms with E-state index < -0.39 is 19.8 Å². The van der Waals surface area contributed by atoms with Gasteiger partial charge in [0.25, 0.3) is 10.0 Å². The van der Waals surface area contributed by atoms with Gasteiger partial charge in [-0.3, -0.25) is 0 Å². The molecule has 1 fully saturated rings. The summed E-state index contributed by atoms with van der Waals surface area (Å²) in [6.07, 6.45) is 1.53. The van der Waals surface area contributed by atoms with Crippen LogP contribution in [-0.4, -0.2) is 31.2 Å². The van der Waals surface area contributed by atoms with Crippen molar-refractivity contribution in [3.8, 4) is 5.75 Å². The molecule has 1 aromatic rings. The van der Waals surface area contributed by atoms with Crippen LogP contribution in [0.25, 0.3) is 0 Å². The third-order valence-corrected chi connectivity index (χ3v) is 8.04. The predicted molar refractivity (Wildman–Crippen MR) is 79.2 cm³/mol. The van der Waals surface area contributed by atoms with E-state index in [1.165, 1.54) is 7.11 Å². The van der Waals surface area contributed by atoms with Gasteiger partial charge in [-0.2, -0.15) is 8.42 Å². The number of hydrogen-bond donors (Lipinski definition) is 0. The zero-order chi connectivity index (χ0) is 15.0. The van der Waals surface area contributed by atoms with E-state index in [2.05, 4.69) is 3.77 Å². The SMILES string of the molecule is COc1cc(C)cc(C)c1S(=O)(=O)N=S1(=O)CCCC1. The molecule has 0 radical (unpaired) electrons. The first-order valence-corrected chi connectivity index (χ1v) is 9.71. The molecule has 0 aliphatic carbocycles. The van der Waals surface area contributed by atoms with Crippen molar-refractivity contribution in [2.24, 2.45) is 3.77 Å². The van der Waals surface area contributed by atoms with Crippen molar-refractivity contribution in [2.75, 3.05) is 18.6 Å². The predicted octanol–water partition coefficient (Wildman–Crippen LogP) is 2.26. The normalized spacial score (nSPS) is 17.9. The summed E-state index contributed by atoms with van der Waals surface area (Å²) < 4.78 is 46.2. The summed E-state index contributed by atoms with van der Waals surface area (Å²) in [5.41, 5.74) is 1.47. The Morgan fingerprint density at radius 3 is 2.35 bits per heavy atom. The molecule has 0 atom stereocenters. The average molecular weight is 317 g/mol. The number of aryl methyl sites for hydroxylation is 2. The van der Waals surface area contributed by atoms with Gasteiger partial charge in [-0.15, -0.1) is 3.77 Å².